The number of nitrogens with one attached hydrogen (secondary N) is 1. The van der Waals surface area contributed by atoms with Crippen LogP contribution in [0.25, 0.3) is 0 Å². The summed E-state index contributed by atoms with van der Waals surface area (Å²) >= 11 is 3.36. The first-order valence-electron chi connectivity index (χ1n) is 7.20. The van der Waals surface area contributed by atoms with Gasteiger partial charge in [-0.2, -0.15) is 4.31 Å². The van der Waals surface area contributed by atoms with Gasteiger partial charge in [-0.25, -0.2) is 8.42 Å². The first kappa shape index (κ1) is 18.6. The van der Waals surface area contributed by atoms with Crippen molar-refractivity contribution in [1.82, 2.24) is 9.62 Å². The van der Waals surface area contributed by atoms with E-state index in [1.807, 2.05) is 19.9 Å². The van der Waals surface area contributed by atoms with E-state index in [4.69, 9.17) is 0 Å². The van der Waals surface area contributed by atoms with Crippen molar-refractivity contribution in [2.24, 2.45) is 0 Å². The highest BCUT2D eigenvalue weighted by atomic mass is 79.9. The van der Waals surface area contributed by atoms with Crippen LogP contribution in [0.3, 0.4) is 0 Å². The lowest BCUT2D eigenvalue weighted by Gasteiger charge is -2.24. The lowest BCUT2D eigenvalue weighted by Crippen LogP contribution is -2.35. The minimum absolute atomic E-state index is 0.0284. The second kappa shape index (κ2) is 7.72. The number of halogens is 1. The first-order chi connectivity index (χ1) is 9.70. The van der Waals surface area contributed by atoms with Gasteiger partial charge < -0.3 is 5.32 Å². The zero-order valence-electron chi connectivity index (χ0n) is 13.4. The van der Waals surface area contributed by atoms with Crippen molar-refractivity contribution in [3.05, 3.63) is 28.2 Å². The Bertz CT molecular complexity index is 573. The van der Waals surface area contributed by atoms with Crippen molar-refractivity contribution in [2.45, 2.75) is 57.6 Å². The number of benzene rings is 1. The molecule has 1 aromatic carbocycles. The summed E-state index contributed by atoms with van der Waals surface area (Å²) in [5, 5.41) is 3.30. The first-order valence-corrected chi connectivity index (χ1v) is 9.43. The summed E-state index contributed by atoms with van der Waals surface area (Å²) in [5.74, 6) is 0. The smallest absolute Gasteiger partial charge is 0.244 e. The SMILES string of the molecule is CCC(C)N(C)S(=O)(=O)c1cc(CNC(C)C)ccc1Br. The van der Waals surface area contributed by atoms with E-state index in [0.29, 0.717) is 22.0 Å². The molecule has 1 unspecified atom stereocenters. The highest BCUT2D eigenvalue weighted by Crippen LogP contribution is 2.27. The molecule has 0 saturated heterocycles. The lowest BCUT2D eigenvalue weighted by atomic mass is 10.2. The average Bonchev–Trinajstić information content (AvgIpc) is 2.44. The highest BCUT2D eigenvalue weighted by molar-refractivity contribution is 9.10. The third kappa shape index (κ3) is 4.77. The van der Waals surface area contributed by atoms with Crippen molar-refractivity contribution >= 4 is 26.0 Å². The summed E-state index contributed by atoms with van der Waals surface area (Å²) < 4.78 is 27.5. The second-order valence-corrected chi connectivity index (χ2v) is 8.40. The fourth-order valence-corrected chi connectivity index (χ4v) is 4.23. The molecule has 0 amide bonds. The zero-order chi connectivity index (χ0) is 16.2. The molecular weight excluding hydrogens is 352 g/mol. The minimum atomic E-state index is -3.48. The molecule has 0 saturated carbocycles. The third-order valence-corrected chi connectivity index (χ3v) is 6.54. The van der Waals surface area contributed by atoms with Crippen molar-refractivity contribution < 1.29 is 8.42 Å². The molecule has 0 heterocycles. The predicted octanol–water partition coefficient (Wildman–Crippen LogP) is 3.37. The van der Waals surface area contributed by atoms with Crippen LogP contribution in [0.15, 0.2) is 27.6 Å². The maximum atomic E-state index is 12.7. The van der Waals surface area contributed by atoms with Crippen LogP contribution < -0.4 is 5.32 Å². The van der Waals surface area contributed by atoms with Crippen molar-refractivity contribution in [3.63, 3.8) is 0 Å². The van der Waals surface area contributed by atoms with Gasteiger partial charge in [-0.15, -0.1) is 0 Å². The molecular formula is C15H25BrN2O2S. The molecule has 4 nitrogen and oxygen atoms in total. The Labute approximate surface area is 137 Å². The molecule has 0 radical (unpaired) electrons. The molecule has 1 N–H and O–H groups in total. The van der Waals surface area contributed by atoms with E-state index in [2.05, 4.69) is 35.1 Å². The van der Waals surface area contributed by atoms with Gasteiger partial charge >= 0.3 is 0 Å². The largest absolute Gasteiger partial charge is 0.310 e. The van der Waals surface area contributed by atoms with Gasteiger partial charge in [-0.3, -0.25) is 0 Å². The van der Waals surface area contributed by atoms with Gasteiger partial charge in [0.15, 0.2) is 0 Å². The molecule has 0 bridgehead atoms. The zero-order valence-corrected chi connectivity index (χ0v) is 15.8. The van der Waals surface area contributed by atoms with E-state index in [0.717, 1.165) is 12.0 Å². The van der Waals surface area contributed by atoms with Crippen molar-refractivity contribution in [3.8, 4) is 0 Å². The molecule has 0 aliphatic rings. The van der Waals surface area contributed by atoms with E-state index in [1.165, 1.54) is 4.31 Å². The molecule has 0 aliphatic carbocycles. The quantitative estimate of drug-likeness (QED) is 0.793. The maximum Gasteiger partial charge on any atom is 0.244 e. The topological polar surface area (TPSA) is 49.4 Å². The van der Waals surface area contributed by atoms with E-state index in [-0.39, 0.29) is 6.04 Å². The Hall–Kier alpha value is -0.430. The van der Waals surface area contributed by atoms with E-state index >= 15 is 0 Å². The summed E-state index contributed by atoms with van der Waals surface area (Å²) in [6.45, 7) is 8.67. The summed E-state index contributed by atoms with van der Waals surface area (Å²) in [5.41, 5.74) is 0.961. The number of hydrogen-bond donors (Lipinski definition) is 1. The Morgan fingerprint density at radius 3 is 2.43 bits per heavy atom. The molecule has 1 rings (SSSR count). The van der Waals surface area contributed by atoms with Crippen molar-refractivity contribution in [2.75, 3.05) is 7.05 Å². The van der Waals surface area contributed by atoms with Crippen LogP contribution >= 0.6 is 15.9 Å². The van der Waals surface area contributed by atoms with E-state index < -0.39 is 10.0 Å². The van der Waals surface area contributed by atoms with Crippen LogP contribution in [0.1, 0.15) is 39.7 Å². The summed E-state index contributed by atoms with van der Waals surface area (Å²) in [6, 6.07) is 5.81. The van der Waals surface area contributed by atoms with Crippen LogP contribution in [-0.2, 0) is 16.6 Å². The molecule has 1 atom stereocenters. The average molecular weight is 377 g/mol. The molecule has 0 spiro atoms. The summed E-state index contributed by atoms with van der Waals surface area (Å²) in [6.07, 6.45) is 0.780. The van der Waals surface area contributed by atoms with Crippen LogP contribution in [0.2, 0.25) is 0 Å². The minimum Gasteiger partial charge on any atom is -0.310 e. The van der Waals surface area contributed by atoms with E-state index in [1.54, 1.807) is 19.2 Å². The van der Waals surface area contributed by atoms with Gasteiger partial charge in [0, 0.05) is 30.1 Å². The van der Waals surface area contributed by atoms with Gasteiger partial charge in [0.25, 0.3) is 0 Å². The van der Waals surface area contributed by atoms with Crippen LogP contribution in [-0.4, -0.2) is 31.9 Å². The molecule has 0 aromatic heterocycles. The van der Waals surface area contributed by atoms with Gasteiger partial charge in [-0.05, 0) is 47.0 Å². The van der Waals surface area contributed by atoms with Gasteiger partial charge in [0.05, 0.1) is 4.90 Å². The van der Waals surface area contributed by atoms with Gasteiger partial charge in [0.1, 0.15) is 0 Å². The lowest BCUT2D eigenvalue weighted by molar-refractivity contribution is 0.380. The number of sulfonamides is 1. The van der Waals surface area contributed by atoms with Crippen LogP contribution in [0, 0.1) is 0 Å². The Morgan fingerprint density at radius 1 is 1.29 bits per heavy atom. The van der Waals surface area contributed by atoms with Crippen molar-refractivity contribution in [1.29, 1.82) is 0 Å². The van der Waals surface area contributed by atoms with Gasteiger partial charge in [0.2, 0.25) is 10.0 Å². The Morgan fingerprint density at radius 2 is 1.90 bits per heavy atom. The van der Waals surface area contributed by atoms with E-state index in [9.17, 15) is 8.42 Å². The maximum absolute atomic E-state index is 12.7. The summed E-state index contributed by atoms with van der Waals surface area (Å²) in [7, 11) is -1.85. The molecule has 120 valence electrons. The van der Waals surface area contributed by atoms with Gasteiger partial charge in [-0.1, -0.05) is 26.8 Å². The Balaban J connectivity index is 3.13. The number of hydrogen-bond acceptors (Lipinski definition) is 3. The molecule has 1 aromatic rings. The standard InChI is InChI=1S/C15H25BrN2O2S/c1-6-12(4)18(5)21(19,20)15-9-13(7-8-14(15)16)10-17-11(2)3/h7-9,11-12,17H,6,10H2,1-5H3. The van der Waals surface area contributed by atoms with Crippen LogP contribution in [0.5, 0.6) is 0 Å². The fourth-order valence-electron chi connectivity index (χ4n) is 1.83. The number of rotatable bonds is 7. The highest BCUT2D eigenvalue weighted by Gasteiger charge is 2.26. The summed E-state index contributed by atoms with van der Waals surface area (Å²) in [4.78, 5) is 0.327. The number of nitrogens with zero attached hydrogens (tertiary/aromatic N) is 1. The fraction of sp³-hybridized carbons (Fsp3) is 0.600. The Kier molecular flexibility index (Phi) is 6.84. The molecule has 21 heavy (non-hydrogen) atoms. The predicted molar refractivity (Wildman–Crippen MR) is 90.8 cm³/mol. The monoisotopic (exact) mass is 376 g/mol. The second-order valence-electron chi connectivity index (χ2n) is 5.58. The van der Waals surface area contributed by atoms with Crippen LogP contribution in [0.4, 0.5) is 0 Å². The third-order valence-electron chi connectivity index (χ3n) is 3.58. The molecule has 0 fully saturated rings. The normalized spacial score (nSPS) is 13.9. The molecule has 6 heteroatoms. The molecule has 0 aliphatic heterocycles.